The molecule has 2 unspecified atom stereocenters. The number of nitrogens with one attached hydrogen (secondary N) is 2. The van der Waals surface area contributed by atoms with Crippen LogP contribution in [0.1, 0.15) is 49.9 Å². The minimum Gasteiger partial charge on any atom is -0.507 e. The maximum absolute atomic E-state index is 13.8. The molecule has 2 rings (SSSR count). The first-order chi connectivity index (χ1) is 17.8. The van der Waals surface area contributed by atoms with Crippen LogP contribution >= 0.6 is 0 Å². The third-order valence-electron chi connectivity index (χ3n) is 5.44. The zero-order valence-electron chi connectivity index (χ0n) is 22.2. The second-order valence-electron chi connectivity index (χ2n) is 9.77. The van der Waals surface area contributed by atoms with Gasteiger partial charge in [-0.15, -0.1) is 6.58 Å². The second-order valence-corrected chi connectivity index (χ2v) is 9.77. The molecule has 0 heterocycles. The van der Waals surface area contributed by atoms with Crippen molar-refractivity contribution in [1.29, 1.82) is 0 Å². The molecule has 0 spiro atoms. The summed E-state index contributed by atoms with van der Waals surface area (Å²) in [6.45, 7) is 10.3. The first-order valence-electron chi connectivity index (χ1n) is 12.1. The van der Waals surface area contributed by atoms with Crippen LogP contribution < -0.4 is 16.4 Å². The topological polar surface area (TPSA) is 151 Å². The lowest BCUT2D eigenvalue weighted by Gasteiger charge is -2.34. The number of nitrogens with zero attached hydrogens (tertiary/aromatic N) is 1. The Morgan fingerprint density at radius 1 is 1.11 bits per heavy atom. The number of benzene rings is 2. The molecule has 10 nitrogen and oxygen atoms in total. The van der Waals surface area contributed by atoms with Crippen LogP contribution in [-0.4, -0.2) is 52.0 Å². The number of ether oxygens (including phenoxy) is 1. The van der Waals surface area contributed by atoms with Gasteiger partial charge in [0.05, 0.1) is 6.42 Å². The number of phenols is 1. The highest BCUT2D eigenvalue weighted by Gasteiger charge is 2.37. The molecule has 0 bridgehead atoms. The predicted molar refractivity (Wildman–Crippen MR) is 143 cm³/mol. The largest absolute Gasteiger partial charge is 0.507 e. The quantitative estimate of drug-likeness (QED) is 0.332. The summed E-state index contributed by atoms with van der Waals surface area (Å²) in [6, 6.07) is 11.3. The van der Waals surface area contributed by atoms with Gasteiger partial charge >= 0.3 is 6.09 Å². The zero-order chi connectivity index (χ0) is 28.5. The average molecular weight is 525 g/mol. The molecule has 0 saturated carbocycles. The smallest absolute Gasteiger partial charge is 0.408 e. The number of nitrogens with two attached hydrogens (primary N) is 1. The van der Waals surface area contributed by atoms with E-state index < -0.39 is 47.9 Å². The van der Waals surface area contributed by atoms with Crippen molar-refractivity contribution in [3.8, 4) is 5.75 Å². The molecule has 0 aromatic heterocycles. The molecule has 0 radical (unpaired) electrons. The Labute approximate surface area is 222 Å². The minimum absolute atomic E-state index is 0.138. The van der Waals surface area contributed by atoms with Crippen LogP contribution in [-0.2, 0) is 25.7 Å². The van der Waals surface area contributed by atoms with E-state index in [1.807, 2.05) is 30.3 Å². The molecule has 10 heteroatoms. The summed E-state index contributed by atoms with van der Waals surface area (Å²) in [5.41, 5.74) is 6.00. The van der Waals surface area contributed by atoms with Gasteiger partial charge in [-0.2, -0.15) is 0 Å². The van der Waals surface area contributed by atoms with E-state index in [0.717, 1.165) is 10.5 Å². The van der Waals surface area contributed by atoms with Crippen molar-refractivity contribution in [2.45, 2.75) is 58.3 Å². The molecular weight excluding hydrogens is 488 g/mol. The Hall–Kier alpha value is -4.34. The van der Waals surface area contributed by atoms with Crippen molar-refractivity contribution < 1.29 is 29.0 Å². The number of primary amides is 1. The van der Waals surface area contributed by atoms with Crippen molar-refractivity contribution in [1.82, 2.24) is 15.5 Å². The third-order valence-corrected chi connectivity index (χ3v) is 5.44. The van der Waals surface area contributed by atoms with Gasteiger partial charge in [0.25, 0.3) is 0 Å². The summed E-state index contributed by atoms with van der Waals surface area (Å²) in [5.74, 6) is -2.38. The molecule has 0 saturated heterocycles. The van der Waals surface area contributed by atoms with E-state index in [1.165, 1.54) is 12.1 Å². The monoisotopic (exact) mass is 524 g/mol. The Balaban J connectivity index is 2.50. The van der Waals surface area contributed by atoms with Gasteiger partial charge in [-0.1, -0.05) is 54.6 Å². The maximum atomic E-state index is 13.8. The SMILES string of the molecule is C=CCN(C(=O)C(CC(N)=O)NC(=O)OC(C)(C)C)C(C(=O)NCc1ccccc1)c1cccc(C)c1O. The maximum Gasteiger partial charge on any atom is 0.408 e. The fourth-order valence-electron chi connectivity index (χ4n) is 3.75. The number of aromatic hydroxyl groups is 1. The normalized spacial score (nSPS) is 12.5. The Bertz CT molecular complexity index is 1160. The minimum atomic E-state index is -1.43. The van der Waals surface area contributed by atoms with E-state index in [4.69, 9.17) is 10.5 Å². The number of carbonyl (C=O) groups excluding carboxylic acids is 4. The molecule has 2 aromatic rings. The summed E-state index contributed by atoms with van der Waals surface area (Å²) in [7, 11) is 0. The Kier molecular flexibility index (Phi) is 10.4. The number of hydrogen-bond acceptors (Lipinski definition) is 6. The molecule has 4 amide bonds. The molecule has 0 aliphatic heterocycles. The van der Waals surface area contributed by atoms with Crippen molar-refractivity contribution in [2.75, 3.05) is 6.54 Å². The van der Waals surface area contributed by atoms with Crippen molar-refractivity contribution in [3.05, 3.63) is 77.9 Å². The van der Waals surface area contributed by atoms with Gasteiger partial charge in [0.2, 0.25) is 17.7 Å². The number of phenolic OH excluding ortho intramolecular Hbond substituents is 1. The molecule has 0 aliphatic rings. The van der Waals surface area contributed by atoms with E-state index in [9.17, 15) is 24.3 Å². The van der Waals surface area contributed by atoms with Gasteiger partial charge in [-0.25, -0.2) is 4.79 Å². The van der Waals surface area contributed by atoms with Crippen molar-refractivity contribution in [2.24, 2.45) is 5.73 Å². The summed E-state index contributed by atoms with van der Waals surface area (Å²) in [5, 5.41) is 16.0. The van der Waals surface area contributed by atoms with E-state index in [2.05, 4.69) is 17.2 Å². The number of alkyl carbamates (subject to hydrolysis) is 1. The number of para-hydroxylation sites is 1. The van der Waals surface area contributed by atoms with Crippen LogP contribution in [0.15, 0.2) is 61.2 Å². The second kappa shape index (κ2) is 13.3. The predicted octanol–water partition coefficient (Wildman–Crippen LogP) is 2.84. The number of hydrogen-bond donors (Lipinski definition) is 4. The van der Waals surface area contributed by atoms with Crippen LogP contribution in [0.2, 0.25) is 0 Å². The number of rotatable bonds is 11. The lowest BCUT2D eigenvalue weighted by atomic mass is 9.98. The summed E-state index contributed by atoms with van der Waals surface area (Å²) < 4.78 is 5.24. The fourth-order valence-corrected chi connectivity index (χ4v) is 3.75. The van der Waals surface area contributed by atoms with Crippen LogP contribution in [0.4, 0.5) is 4.79 Å². The molecule has 204 valence electrons. The number of amides is 4. The van der Waals surface area contributed by atoms with Gasteiger partial charge < -0.3 is 31.1 Å². The van der Waals surface area contributed by atoms with E-state index >= 15 is 0 Å². The highest BCUT2D eigenvalue weighted by atomic mass is 16.6. The Morgan fingerprint density at radius 3 is 2.34 bits per heavy atom. The first kappa shape index (κ1) is 29.9. The fraction of sp³-hybridized carbons (Fsp3) is 0.357. The Morgan fingerprint density at radius 2 is 1.76 bits per heavy atom. The van der Waals surface area contributed by atoms with Gasteiger partial charge in [0.15, 0.2) is 0 Å². The van der Waals surface area contributed by atoms with Crippen LogP contribution in [0, 0.1) is 6.92 Å². The highest BCUT2D eigenvalue weighted by Crippen LogP contribution is 2.32. The van der Waals surface area contributed by atoms with Crippen LogP contribution in [0.25, 0.3) is 0 Å². The third kappa shape index (κ3) is 8.65. The average Bonchev–Trinajstić information content (AvgIpc) is 2.83. The molecule has 0 aliphatic carbocycles. The van der Waals surface area contributed by atoms with Gasteiger partial charge in [0.1, 0.15) is 23.4 Å². The molecule has 2 atom stereocenters. The van der Waals surface area contributed by atoms with Crippen LogP contribution in [0.3, 0.4) is 0 Å². The highest BCUT2D eigenvalue weighted by molar-refractivity contribution is 5.95. The lowest BCUT2D eigenvalue weighted by Crippen LogP contribution is -2.54. The zero-order valence-corrected chi connectivity index (χ0v) is 22.2. The van der Waals surface area contributed by atoms with Crippen molar-refractivity contribution >= 4 is 23.8 Å². The number of carbonyl (C=O) groups is 4. The van der Waals surface area contributed by atoms with Crippen molar-refractivity contribution in [3.63, 3.8) is 0 Å². The van der Waals surface area contributed by atoms with Crippen LogP contribution in [0.5, 0.6) is 5.75 Å². The van der Waals surface area contributed by atoms with Gasteiger partial charge in [-0.3, -0.25) is 14.4 Å². The molecule has 0 fully saturated rings. The lowest BCUT2D eigenvalue weighted by molar-refractivity contribution is -0.142. The molecule has 38 heavy (non-hydrogen) atoms. The van der Waals surface area contributed by atoms with E-state index in [0.29, 0.717) is 5.56 Å². The number of aryl methyl sites for hydroxylation is 1. The summed E-state index contributed by atoms with van der Waals surface area (Å²) in [6.07, 6.45) is -0.0694. The van der Waals surface area contributed by atoms with E-state index in [-0.39, 0.29) is 24.4 Å². The summed E-state index contributed by atoms with van der Waals surface area (Å²) in [4.78, 5) is 52.8. The van der Waals surface area contributed by atoms with E-state index in [1.54, 1.807) is 39.8 Å². The molecule has 2 aromatic carbocycles. The van der Waals surface area contributed by atoms with Gasteiger partial charge in [-0.05, 0) is 38.8 Å². The standard InChI is InChI=1S/C28H36N4O6/c1-6-15-32(26(36)21(16-22(29)33)31-27(37)38-28(3,4)5)23(20-14-10-11-18(2)24(20)34)25(35)30-17-19-12-8-7-9-13-19/h6-14,21,23,34H,1,15-17H2,2-5H3,(H2,29,33)(H,30,35)(H,31,37). The first-order valence-corrected chi connectivity index (χ1v) is 12.1. The molecule has 5 N–H and O–H groups in total. The van der Waals surface area contributed by atoms with Gasteiger partial charge in [0, 0.05) is 18.7 Å². The summed E-state index contributed by atoms with van der Waals surface area (Å²) >= 11 is 0. The molecular formula is C28H36N4O6.